The van der Waals surface area contributed by atoms with Crippen molar-refractivity contribution in [3.8, 4) is 0 Å². The first-order valence-corrected chi connectivity index (χ1v) is 7.06. The van der Waals surface area contributed by atoms with Crippen LogP contribution in [0.15, 0.2) is 48.5 Å². The van der Waals surface area contributed by atoms with Gasteiger partial charge in [0.1, 0.15) is 0 Å². The number of nitro groups is 1. The average molecular weight is 319 g/mol. The highest BCUT2D eigenvalue weighted by Crippen LogP contribution is 2.20. The Morgan fingerprint density at radius 2 is 1.73 bits per heavy atom. The van der Waals surface area contributed by atoms with Crippen molar-refractivity contribution in [1.29, 1.82) is 0 Å². The van der Waals surface area contributed by atoms with Gasteiger partial charge in [-0.3, -0.25) is 14.9 Å². The van der Waals surface area contributed by atoms with Crippen LogP contribution >= 0.6 is 11.6 Å². The summed E-state index contributed by atoms with van der Waals surface area (Å²) in [6.45, 7) is 0.360. The molecule has 22 heavy (non-hydrogen) atoms. The third-order valence-electron chi connectivity index (χ3n) is 3.32. The third-order valence-corrected chi connectivity index (χ3v) is 3.69. The van der Waals surface area contributed by atoms with Crippen molar-refractivity contribution < 1.29 is 9.72 Å². The second kappa shape index (κ2) is 7.04. The Balaban J connectivity index is 2.09. The molecule has 0 fully saturated rings. The van der Waals surface area contributed by atoms with E-state index in [1.807, 2.05) is 18.2 Å². The Hall–Kier alpha value is -2.40. The van der Waals surface area contributed by atoms with Crippen LogP contribution < -0.4 is 0 Å². The summed E-state index contributed by atoms with van der Waals surface area (Å²) in [7, 11) is 1.65. The zero-order valence-corrected chi connectivity index (χ0v) is 12.8. The molecule has 0 heterocycles. The van der Waals surface area contributed by atoms with E-state index >= 15 is 0 Å². The highest BCUT2D eigenvalue weighted by Gasteiger charge is 2.18. The van der Waals surface area contributed by atoms with Gasteiger partial charge < -0.3 is 4.90 Å². The van der Waals surface area contributed by atoms with Crippen molar-refractivity contribution in [2.75, 3.05) is 7.05 Å². The molecule has 0 radical (unpaired) electrons. The fourth-order valence-corrected chi connectivity index (χ4v) is 2.30. The molecular weight excluding hydrogens is 304 g/mol. The van der Waals surface area contributed by atoms with Gasteiger partial charge in [0.05, 0.1) is 11.3 Å². The molecule has 2 rings (SSSR count). The Labute approximate surface area is 133 Å². The van der Waals surface area contributed by atoms with E-state index in [2.05, 4.69) is 0 Å². The zero-order valence-electron chi connectivity index (χ0n) is 12.0. The van der Waals surface area contributed by atoms with Crippen molar-refractivity contribution in [2.45, 2.75) is 13.0 Å². The number of nitro benzene ring substituents is 1. The molecule has 0 aliphatic carbocycles. The Bertz CT molecular complexity index is 703. The lowest BCUT2D eigenvalue weighted by Gasteiger charge is -2.18. The number of halogens is 1. The second-order valence-corrected chi connectivity index (χ2v) is 5.31. The largest absolute Gasteiger partial charge is 0.341 e. The number of benzene rings is 2. The van der Waals surface area contributed by atoms with Crippen LogP contribution in [0.4, 0.5) is 5.69 Å². The fourth-order valence-electron chi connectivity index (χ4n) is 2.11. The maximum absolute atomic E-state index is 12.3. The molecule has 0 spiro atoms. The predicted molar refractivity (Wildman–Crippen MR) is 84.7 cm³/mol. The van der Waals surface area contributed by atoms with E-state index in [4.69, 9.17) is 11.6 Å². The van der Waals surface area contributed by atoms with Crippen LogP contribution in [0.1, 0.15) is 11.1 Å². The number of carbonyl (C=O) groups excluding carboxylic acids is 1. The molecule has 0 aliphatic rings. The molecule has 0 saturated carbocycles. The molecule has 0 unspecified atom stereocenters. The van der Waals surface area contributed by atoms with Crippen LogP contribution in [0.5, 0.6) is 0 Å². The van der Waals surface area contributed by atoms with Gasteiger partial charge >= 0.3 is 0 Å². The average Bonchev–Trinajstić information content (AvgIpc) is 2.49. The molecule has 5 nitrogen and oxygen atoms in total. The molecule has 1 amide bonds. The molecule has 2 aromatic carbocycles. The summed E-state index contributed by atoms with van der Waals surface area (Å²) in [5.74, 6) is -0.200. The zero-order chi connectivity index (χ0) is 16.1. The summed E-state index contributed by atoms with van der Waals surface area (Å²) < 4.78 is 0. The summed E-state index contributed by atoms with van der Waals surface area (Å²) in [5.41, 5.74) is 1.20. The molecule has 0 saturated heterocycles. The van der Waals surface area contributed by atoms with E-state index in [-0.39, 0.29) is 18.0 Å². The summed E-state index contributed by atoms with van der Waals surface area (Å²) in [6.07, 6.45) is -0.0158. The Kier molecular flexibility index (Phi) is 5.12. The molecule has 6 heteroatoms. The summed E-state index contributed by atoms with van der Waals surface area (Å²) >= 11 is 6.07. The maximum atomic E-state index is 12.3. The number of hydrogen-bond donors (Lipinski definition) is 0. The van der Waals surface area contributed by atoms with E-state index in [1.54, 1.807) is 31.3 Å². The van der Waals surface area contributed by atoms with Gasteiger partial charge in [0.15, 0.2) is 0 Å². The van der Waals surface area contributed by atoms with Crippen molar-refractivity contribution in [3.63, 3.8) is 0 Å². The molecule has 0 atom stereocenters. The summed E-state index contributed by atoms with van der Waals surface area (Å²) in [5, 5.41) is 11.6. The SMILES string of the molecule is CN(Cc1ccccc1Cl)C(=O)Cc1ccccc1[N+](=O)[O-]. The van der Waals surface area contributed by atoms with Crippen molar-refractivity contribution >= 4 is 23.2 Å². The second-order valence-electron chi connectivity index (χ2n) is 4.90. The fraction of sp³-hybridized carbons (Fsp3) is 0.188. The maximum Gasteiger partial charge on any atom is 0.273 e. The van der Waals surface area contributed by atoms with Crippen molar-refractivity contribution in [3.05, 3.63) is 74.8 Å². The van der Waals surface area contributed by atoms with Gasteiger partial charge in [-0.1, -0.05) is 48.0 Å². The molecule has 114 valence electrons. The van der Waals surface area contributed by atoms with E-state index in [9.17, 15) is 14.9 Å². The summed E-state index contributed by atoms with van der Waals surface area (Å²) in [6, 6.07) is 13.5. The number of para-hydroxylation sites is 1. The molecule has 0 aliphatic heterocycles. The highest BCUT2D eigenvalue weighted by atomic mass is 35.5. The van der Waals surface area contributed by atoms with Gasteiger partial charge in [0.2, 0.25) is 5.91 Å². The smallest absolute Gasteiger partial charge is 0.273 e. The number of rotatable bonds is 5. The number of likely N-dealkylation sites (N-methyl/N-ethyl adjacent to an activating group) is 1. The highest BCUT2D eigenvalue weighted by molar-refractivity contribution is 6.31. The van der Waals surface area contributed by atoms with Crippen molar-refractivity contribution in [1.82, 2.24) is 4.90 Å². The molecule has 0 aromatic heterocycles. The lowest BCUT2D eigenvalue weighted by molar-refractivity contribution is -0.385. The van der Waals surface area contributed by atoms with Gasteiger partial charge in [-0.2, -0.15) is 0 Å². The molecule has 0 N–H and O–H groups in total. The number of nitrogens with zero attached hydrogens (tertiary/aromatic N) is 2. The summed E-state index contributed by atoms with van der Waals surface area (Å²) in [4.78, 5) is 24.3. The number of amides is 1. The van der Waals surface area contributed by atoms with Gasteiger partial charge in [-0.25, -0.2) is 0 Å². The van der Waals surface area contributed by atoms with Gasteiger partial charge in [0.25, 0.3) is 5.69 Å². The predicted octanol–water partition coefficient (Wildman–Crippen LogP) is 3.45. The minimum Gasteiger partial charge on any atom is -0.341 e. The van der Waals surface area contributed by atoms with E-state index < -0.39 is 4.92 Å². The topological polar surface area (TPSA) is 63.5 Å². The number of hydrogen-bond acceptors (Lipinski definition) is 3. The van der Waals surface area contributed by atoms with Crippen LogP contribution in [0, 0.1) is 10.1 Å². The van der Waals surface area contributed by atoms with Gasteiger partial charge in [-0.15, -0.1) is 0 Å². The number of carbonyl (C=O) groups is 1. The van der Waals surface area contributed by atoms with Crippen molar-refractivity contribution in [2.24, 2.45) is 0 Å². The van der Waals surface area contributed by atoms with Crippen LogP contribution in [-0.2, 0) is 17.8 Å². The normalized spacial score (nSPS) is 10.3. The standard InChI is InChI=1S/C16H15ClN2O3/c1-18(11-13-7-2-4-8-14(13)17)16(20)10-12-6-3-5-9-15(12)19(21)22/h2-9H,10-11H2,1H3. The first-order valence-electron chi connectivity index (χ1n) is 6.68. The lowest BCUT2D eigenvalue weighted by atomic mass is 10.1. The van der Waals surface area contributed by atoms with Gasteiger partial charge in [-0.05, 0) is 11.6 Å². The van der Waals surface area contributed by atoms with E-state index in [1.165, 1.54) is 11.0 Å². The van der Waals surface area contributed by atoms with Crippen LogP contribution in [0.3, 0.4) is 0 Å². The van der Waals surface area contributed by atoms with E-state index in [0.29, 0.717) is 17.1 Å². The molecular formula is C16H15ClN2O3. The van der Waals surface area contributed by atoms with Crippen LogP contribution in [0.25, 0.3) is 0 Å². The van der Waals surface area contributed by atoms with E-state index in [0.717, 1.165) is 5.56 Å². The van der Waals surface area contributed by atoms with Crippen LogP contribution in [0.2, 0.25) is 5.02 Å². The lowest BCUT2D eigenvalue weighted by Crippen LogP contribution is -2.28. The minimum absolute atomic E-state index is 0.0158. The Morgan fingerprint density at radius 3 is 2.36 bits per heavy atom. The monoisotopic (exact) mass is 318 g/mol. The van der Waals surface area contributed by atoms with Crippen LogP contribution in [-0.4, -0.2) is 22.8 Å². The molecule has 0 bridgehead atoms. The first kappa shape index (κ1) is 16.0. The minimum atomic E-state index is -0.476. The first-order chi connectivity index (χ1) is 10.5. The molecule has 2 aromatic rings. The van der Waals surface area contributed by atoms with Gasteiger partial charge in [0, 0.05) is 30.2 Å². The quantitative estimate of drug-likeness (QED) is 0.626. The third kappa shape index (κ3) is 3.83. The Morgan fingerprint density at radius 1 is 1.14 bits per heavy atom.